The molecule has 10 N–H and O–H groups in total. The van der Waals surface area contributed by atoms with Crippen LogP contribution < -0.4 is 16.4 Å². The van der Waals surface area contributed by atoms with Gasteiger partial charge in [-0.05, 0) is 6.07 Å². The minimum atomic E-state index is -5.59. The maximum Gasteiger partial charge on any atom is 0.481 e. The number of nitrogens with two attached hydrogens (primary N) is 1. The number of ether oxygens (including phenoxy) is 1. The molecule has 0 radical (unpaired) electrons. The molecule has 25 nitrogen and oxygen atoms in total. The number of aromatic nitrogens is 5. The number of phosphoric ester groups is 3. The third-order valence-electron chi connectivity index (χ3n) is 8.12. The number of nitrogen functional groups attached to an aromatic ring is 1. The molecule has 1 saturated heterocycles. The van der Waals surface area contributed by atoms with Gasteiger partial charge in [-0.2, -0.15) is 15.2 Å². The number of fused-ring (bicyclic) bond motifs is 1. The van der Waals surface area contributed by atoms with E-state index >= 15 is 0 Å². The molecular formula is C28H42FN8O17P3S. The average Bonchev–Trinajstić information content (AvgIpc) is 3.68. The average molecular weight is 907 g/mol. The second-order valence-electron chi connectivity index (χ2n) is 13.1. The van der Waals surface area contributed by atoms with Crippen molar-refractivity contribution in [3.63, 3.8) is 0 Å². The zero-order valence-corrected chi connectivity index (χ0v) is 34.2. The Balaban J connectivity index is 1.25. The highest BCUT2D eigenvalue weighted by atomic mass is 32.2. The van der Waals surface area contributed by atoms with Crippen LogP contribution in [0.5, 0.6) is 0 Å². The van der Waals surface area contributed by atoms with Gasteiger partial charge in [0.15, 0.2) is 22.8 Å². The maximum atomic E-state index is 13.6. The SMILES string of the molecule is CC(=O)[SH](CCNC(=O)CCNC(=O)C(O)C(C)(C)COP(=O)(O)OP(=O)(O)OC[C@H]1O[C@@H](n2cnc3c(N)ncnc32)[C@H](O)[C@@H]1OP(=O)(O)O)c1cncc(F)c1. The lowest BCUT2D eigenvalue weighted by Gasteiger charge is -2.30. The predicted octanol–water partition coefficient (Wildman–Crippen LogP) is -0.454. The zero-order valence-electron chi connectivity index (χ0n) is 30.7. The molecule has 4 heterocycles. The topological polar surface area (TPSA) is 377 Å². The molecule has 1 aliphatic heterocycles. The van der Waals surface area contributed by atoms with Crippen molar-refractivity contribution >= 4 is 68.3 Å². The molecule has 58 heavy (non-hydrogen) atoms. The number of carbonyl (C=O) groups excluding carboxylic acids is 3. The van der Waals surface area contributed by atoms with Crippen LogP contribution in [0.3, 0.4) is 0 Å². The van der Waals surface area contributed by atoms with E-state index in [0.717, 1.165) is 23.4 Å². The number of amides is 2. The molecule has 1 aliphatic rings. The summed E-state index contributed by atoms with van der Waals surface area (Å²) in [4.78, 5) is 92.1. The fraction of sp³-hybridized carbons (Fsp3) is 0.536. The molecule has 2 amide bonds. The minimum absolute atomic E-state index is 0.0202. The van der Waals surface area contributed by atoms with Gasteiger partial charge in [-0.25, -0.2) is 33.0 Å². The molecule has 4 rings (SSSR count). The van der Waals surface area contributed by atoms with E-state index in [-0.39, 0.29) is 47.4 Å². The largest absolute Gasteiger partial charge is 0.481 e. The van der Waals surface area contributed by atoms with Gasteiger partial charge in [-0.3, -0.25) is 37.5 Å². The number of pyridine rings is 1. The van der Waals surface area contributed by atoms with Gasteiger partial charge in [0.2, 0.25) is 11.8 Å². The van der Waals surface area contributed by atoms with Crippen molar-refractivity contribution in [1.82, 2.24) is 35.1 Å². The van der Waals surface area contributed by atoms with Gasteiger partial charge in [0, 0.05) is 48.7 Å². The highest BCUT2D eigenvalue weighted by Crippen LogP contribution is 2.61. The van der Waals surface area contributed by atoms with Crippen LogP contribution in [0.1, 0.15) is 33.4 Å². The second kappa shape index (κ2) is 19.4. The monoisotopic (exact) mass is 906 g/mol. The first kappa shape index (κ1) is 47.3. The number of nitrogens with zero attached hydrogens (tertiary/aromatic N) is 5. The highest BCUT2D eigenvalue weighted by molar-refractivity contribution is 8.29. The molecular weight excluding hydrogens is 864 g/mol. The molecule has 8 atom stereocenters. The Morgan fingerprint density at radius 3 is 2.41 bits per heavy atom. The molecule has 0 spiro atoms. The first-order valence-corrected chi connectivity index (χ1v) is 22.7. The lowest BCUT2D eigenvalue weighted by Crippen LogP contribution is -2.46. The van der Waals surface area contributed by atoms with Crippen LogP contribution in [0.15, 0.2) is 36.0 Å². The van der Waals surface area contributed by atoms with Gasteiger partial charge in [0.05, 0.1) is 25.7 Å². The minimum Gasteiger partial charge on any atom is -0.386 e. The highest BCUT2D eigenvalue weighted by Gasteiger charge is 2.50. The van der Waals surface area contributed by atoms with Gasteiger partial charge in [0.25, 0.3) is 0 Å². The van der Waals surface area contributed by atoms with Crippen LogP contribution in [0, 0.1) is 11.2 Å². The summed E-state index contributed by atoms with van der Waals surface area (Å²) in [5.74, 6) is -1.98. The summed E-state index contributed by atoms with van der Waals surface area (Å²) < 4.78 is 75.7. The second-order valence-corrected chi connectivity index (χ2v) is 19.8. The van der Waals surface area contributed by atoms with E-state index in [9.17, 15) is 62.3 Å². The van der Waals surface area contributed by atoms with Crippen molar-refractivity contribution in [1.29, 1.82) is 0 Å². The van der Waals surface area contributed by atoms with Crippen LogP contribution in [0.25, 0.3) is 11.2 Å². The lowest BCUT2D eigenvalue weighted by molar-refractivity contribution is -0.137. The number of aliphatic hydroxyl groups excluding tert-OH is 2. The summed E-state index contributed by atoms with van der Waals surface area (Å²) >= 11 is 0. The Morgan fingerprint density at radius 1 is 1.07 bits per heavy atom. The van der Waals surface area contributed by atoms with Gasteiger partial charge in [0.1, 0.15) is 42.1 Å². The summed E-state index contributed by atoms with van der Waals surface area (Å²) in [5, 5.41) is 26.2. The zero-order chi connectivity index (χ0) is 43.2. The molecule has 3 aromatic rings. The Kier molecular flexibility index (Phi) is 15.8. The molecule has 0 bridgehead atoms. The summed E-state index contributed by atoms with van der Waals surface area (Å²) in [5.41, 5.74) is 4.20. The van der Waals surface area contributed by atoms with Gasteiger partial charge in [-0.1, -0.05) is 13.8 Å². The van der Waals surface area contributed by atoms with E-state index in [2.05, 4.69) is 39.4 Å². The summed E-state index contributed by atoms with van der Waals surface area (Å²) in [6.07, 6.45) is -4.74. The van der Waals surface area contributed by atoms with E-state index in [1.807, 2.05) is 0 Å². The Hall–Kier alpha value is -3.36. The number of imidazole rings is 1. The number of aliphatic hydroxyl groups is 2. The first-order chi connectivity index (χ1) is 26.9. The van der Waals surface area contributed by atoms with Crippen molar-refractivity contribution in [3.05, 3.63) is 36.9 Å². The number of carbonyl (C=O) groups is 3. The molecule has 0 aliphatic carbocycles. The number of halogens is 1. The lowest BCUT2D eigenvalue weighted by atomic mass is 9.87. The Bertz CT molecular complexity index is 2110. The first-order valence-electron chi connectivity index (χ1n) is 16.7. The van der Waals surface area contributed by atoms with Crippen LogP contribution >= 0.6 is 34.4 Å². The molecule has 30 heteroatoms. The number of anilines is 1. The molecule has 324 valence electrons. The predicted molar refractivity (Wildman–Crippen MR) is 197 cm³/mol. The number of rotatable bonds is 20. The molecule has 3 aromatic heterocycles. The maximum absolute atomic E-state index is 13.6. The van der Waals surface area contributed by atoms with Crippen LogP contribution in [0.2, 0.25) is 0 Å². The van der Waals surface area contributed by atoms with Gasteiger partial charge < -0.3 is 50.9 Å². The number of hydrogen-bond acceptors (Lipinski definition) is 18. The molecule has 4 unspecified atom stereocenters. The third kappa shape index (κ3) is 13.1. The number of thiol groups is 1. The van der Waals surface area contributed by atoms with Crippen molar-refractivity contribution < 1.29 is 84.9 Å². The smallest absolute Gasteiger partial charge is 0.386 e. The molecule has 0 saturated carbocycles. The van der Waals surface area contributed by atoms with Gasteiger partial charge in [-0.15, -0.1) is 0 Å². The summed E-state index contributed by atoms with van der Waals surface area (Å²) in [7, 11) is -17.9. The Labute approximate surface area is 330 Å². The standard InChI is InChI=1S/C28H42FN8O17P3S/c1-15(38)58(17-8-16(29)9-31-10-17)7-6-32-19(39)4-5-33-26(42)23(41)28(2,3)12-51-57(48,49)54-56(46,47)50-11-18-22(53-55(43,44)45)21(40)27(52-18)37-14-36-20-24(30)34-13-35-25(20)37/h8-10,13-14,18,21-23,27,40-41,58H,4-7,11-12H2,1-3H3,(H,32,39)(H,33,42)(H,46,47)(H,48,49)(H2,30,34,35)(H2,43,44,45)/t18-,21-,22-,23?,27-/m1/s1. The summed E-state index contributed by atoms with van der Waals surface area (Å²) in [6.45, 7) is 1.54. The fourth-order valence-electron chi connectivity index (χ4n) is 5.26. The number of phosphoric acid groups is 3. The van der Waals surface area contributed by atoms with E-state index in [4.69, 9.17) is 19.5 Å². The van der Waals surface area contributed by atoms with E-state index in [1.54, 1.807) is 0 Å². The van der Waals surface area contributed by atoms with Crippen LogP contribution in [0.4, 0.5) is 10.2 Å². The van der Waals surface area contributed by atoms with Crippen molar-refractivity contribution in [2.24, 2.45) is 5.41 Å². The van der Waals surface area contributed by atoms with Crippen molar-refractivity contribution in [3.8, 4) is 0 Å². The fourth-order valence-corrected chi connectivity index (χ4v) is 9.85. The quantitative estimate of drug-likeness (QED) is 0.0507. The normalized spacial score (nSPS) is 22.1. The third-order valence-corrected chi connectivity index (χ3v) is 13.5. The number of hydrogen-bond donors (Lipinski definition) is 10. The van der Waals surface area contributed by atoms with Crippen LogP contribution in [-0.2, 0) is 50.7 Å². The summed E-state index contributed by atoms with van der Waals surface area (Å²) in [6, 6.07) is 1.20. The van der Waals surface area contributed by atoms with Crippen LogP contribution in [-0.4, -0.2) is 128 Å². The van der Waals surface area contributed by atoms with Gasteiger partial charge >= 0.3 is 23.5 Å². The number of nitrogens with one attached hydrogen (secondary N) is 2. The Morgan fingerprint density at radius 2 is 1.76 bits per heavy atom. The van der Waals surface area contributed by atoms with E-state index < -0.39 is 101 Å². The van der Waals surface area contributed by atoms with E-state index in [1.165, 1.54) is 33.0 Å². The molecule has 1 fully saturated rings. The van der Waals surface area contributed by atoms with Crippen molar-refractivity contribution in [2.75, 3.05) is 37.8 Å². The van der Waals surface area contributed by atoms with E-state index in [0.29, 0.717) is 4.90 Å². The van der Waals surface area contributed by atoms with Crippen molar-refractivity contribution in [2.45, 2.75) is 62.7 Å². The molecule has 0 aromatic carbocycles.